The number of unbranched alkanes of at least 4 members (excludes halogenated alkanes) is 2. The van der Waals surface area contributed by atoms with Crippen LogP contribution in [0.4, 0.5) is 0 Å². The Morgan fingerprint density at radius 2 is 1.60 bits per heavy atom. The normalized spacial score (nSPS) is 19.5. The van der Waals surface area contributed by atoms with Gasteiger partial charge < -0.3 is 24.5 Å². The van der Waals surface area contributed by atoms with E-state index in [1.807, 2.05) is 18.2 Å². The van der Waals surface area contributed by atoms with E-state index in [0.29, 0.717) is 0 Å². The molecule has 2 rings (SSSR count). The molecule has 1 fully saturated rings. The Morgan fingerprint density at radius 1 is 1.07 bits per heavy atom. The molecule has 0 heterocycles. The Kier molecular flexibility index (Phi) is 19.3. The first kappa shape index (κ1) is 31.1. The third-order valence-electron chi connectivity index (χ3n) is 4.91. The molecule has 2 amide bonds. The Hall–Kier alpha value is -1.13. The molecule has 0 bridgehead atoms. The van der Waals surface area contributed by atoms with Gasteiger partial charge >= 0.3 is 21.7 Å². The van der Waals surface area contributed by atoms with E-state index < -0.39 is 0 Å². The molecule has 1 aromatic rings. The third-order valence-corrected chi connectivity index (χ3v) is 4.91. The van der Waals surface area contributed by atoms with Crippen LogP contribution in [0.2, 0.25) is 0 Å². The fourth-order valence-electron chi connectivity index (χ4n) is 3.33. The van der Waals surface area contributed by atoms with Gasteiger partial charge in [0.05, 0.1) is 0 Å². The average molecular weight is 449 g/mol. The van der Waals surface area contributed by atoms with Crippen molar-refractivity contribution >= 4 is 12.8 Å². The summed E-state index contributed by atoms with van der Waals surface area (Å²) in [6, 6.07) is 11.2. The second kappa shape index (κ2) is 18.6. The van der Waals surface area contributed by atoms with Crippen LogP contribution in [0, 0.1) is 31.2 Å². The number of amides is 2. The van der Waals surface area contributed by atoms with Crippen LogP contribution in [0.5, 0.6) is 0 Å². The number of carbonyl (C=O) groups is 2. The van der Waals surface area contributed by atoms with Crippen molar-refractivity contribution in [1.29, 1.82) is 0 Å². The van der Waals surface area contributed by atoms with Crippen molar-refractivity contribution in [3.8, 4) is 0 Å². The first-order valence-corrected chi connectivity index (χ1v) is 10.8. The molecule has 30 heavy (non-hydrogen) atoms. The zero-order chi connectivity index (χ0) is 22.1. The molecule has 1 radical (unpaired) electrons. The van der Waals surface area contributed by atoms with Gasteiger partial charge in [0.1, 0.15) is 0 Å². The van der Waals surface area contributed by atoms with Gasteiger partial charge in [0.15, 0.2) is 6.41 Å². The van der Waals surface area contributed by atoms with E-state index >= 15 is 0 Å². The minimum atomic E-state index is 0. The van der Waals surface area contributed by atoms with E-state index in [2.05, 4.69) is 64.3 Å². The van der Waals surface area contributed by atoms with Crippen LogP contribution in [0.1, 0.15) is 71.8 Å². The van der Waals surface area contributed by atoms with Crippen molar-refractivity contribution in [3.63, 3.8) is 0 Å². The van der Waals surface area contributed by atoms with Crippen molar-refractivity contribution in [2.75, 3.05) is 0 Å². The van der Waals surface area contributed by atoms with Crippen LogP contribution in [0.25, 0.3) is 0 Å². The maximum absolute atomic E-state index is 10.9. The molecule has 4 nitrogen and oxygen atoms in total. The van der Waals surface area contributed by atoms with Gasteiger partial charge in [-0.3, -0.25) is 9.59 Å². The Balaban J connectivity index is 0. The van der Waals surface area contributed by atoms with Gasteiger partial charge in [-0.05, 0) is 12.8 Å². The number of nitrogens with one attached hydrogen (secondary N) is 2. The van der Waals surface area contributed by atoms with Crippen LogP contribution in [-0.4, -0.2) is 18.9 Å². The van der Waals surface area contributed by atoms with Gasteiger partial charge in [-0.2, -0.15) is 19.3 Å². The van der Waals surface area contributed by atoms with Crippen molar-refractivity contribution in [1.82, 2.24) is 10.6 Å². The second-order valence-electron chi connectivity index (χ2n) is 8.23. The van der Waals surface area contributed by atoms with Gasteiger partial charge in [0.25, 0.3) is 0 Å². The maximum Gasteiger partial charge on any atom is 3.00 e. The number of rotatable bonds is 8. The molecule has 0 spiro atoms. The monoisotopic (exact) mass is 449 g/mol. The van der Waals surface area contributed by atoms with Crippen molar-refractivity contribution < 1.29 is 31.3 Å². The second-order valence-corrected chi connectivity index (χ2v) is 8.23. The molecule has 2 atom stereocenters. The molecule has 1 saturated carbocycles. The molecule has 2 N–H and O–H groups in total. The Morgan fingerprint density at radius 3 is 2.03 bits per heavy atom. The standard InChI is InChI=1S/C17H23N2O2.2C4H9.Ti/c1-17(2)9-15(18-11-20)14(16(10-17)19-12-21)8-13-6-4-3-5-7-13;2*1-3-4-2;/h3-7,11-12,14-15H,8-10H2,1-2H3,(H,18,20)(H,19,21);2*1,3-4H2,2H3;/q3*-1;+3. The predicted octanol–water partition coefficient (Wildman–Crippen LogP) is 5.30. The van der Waals surface area contributed by atoms with E-state index in [0.717, 1.165) is 51.0 Å². The average Bonchev–Trinajstić information content (AvgIpc) is 2.71. The fraction of sp³-hybridized carbons (Fsp3) is 0.560. The van der Waals surface area contributed by atoms with Gasteiger partial charge in [-0.15, -0.1) is 5.92 Å². The van der Waals surface area contributed by atoms with Crippen LogP contribution in [-0.2, 0) is 37.7 Å². The van der Waals surface area contributed by atoms with Gasteiger partial charge in [0.2, 0.25) is 6.41 Å². The van der Waals surface area contributed by atoms with E-state index in [4.69, 9.17) is 0 Å². The maximum atomic E-state index is 10.9. The minimum absolute atomic E-state index is 0. The molecular formula is C25H41N2O2Ti. The van der Waals surface area contributed by atoms with Gasteiger partial charge in [-0.1, -0.05) is 81.8 Å². The van der Waals surface area contributed by atoms with E-state index in [9.17, 15) is 9.59 Å². The molecular weight excluding hydrogens is 408 g/mol. The summed E-state index contributed by atoms with van der Waals surface area (Å²) in [5.41, 5.74) is 1.28. The summed E-state index contributed by atoms with van der Waals surface area (Å²) < 4.78 is 0. The summed E-state index contributed by atoms with van der Waals surface area (Å²) in [7, 11) is 0. The predicted molar refractivity (Wildman–Crippen MR) is 123 cm³/mol. The van der Waals surface area contributed by atoms with E-state index in [1.165, 1.54) is 18.4 Å². The zero-order valence-electron chi connectivity index (χ0n) is 19.4. The van der Waals surface area contributed by atoms with Crippen LogP contribution in [0.3, 0.4) is 0 Å². The number of hydrogen-bond donors (Lipinski definition) is 2. The number of benzene rings is 1. The van der Waals surface area contributed by atoms with Gasteiger partial charge in [0, 0.05) is 6.04 Å². The fourth-order valence-corrected chi connectivity index (χ4v) is 3.33. The SMILES string of the molecule is CC1(C)C[C-](NC=O)C(Cc2ccccc2)C(NC=O)C1.[CH2-]CCC.[CH2-]CCC.[Ti+3]. The van der Waals surface area contributed by atoms with E-state index in [1.54, 1.807) is 0 Å². The first-order chi connectivity index (χ1) is 13.9. The van der Waals surface area contributed by atoms with Crippen LogP contribution < -0.4 is 10.6 Å². The third kappa shape index (κ3) is 13.2. The van der Waals surface area contributed by atoms with Gasteiger partial charge in [-0.25, -0.2) is 6.04 Å². The molecule has 0 aliphatic heterocycles. The van der Waals surface area contributed by atoms with Crippen LogP contribution >= 0.6 is 0 Å². The summed E-state index contributed by atoms with van der Waals surface area (Å²) in [6.45, 7) is 15.8. The van der Waals surface area contributed by atoms with Crippen molar-refractivity contribution in [3.05, 3.63) is 55.8 Å². The molecule has 1 aliphatic carbocycles. The largest absolute Gasteiger partial charge is 3.00 e. The molecule has 1 aromatic carbocycles. The molecule has 0 saturated heterocycles. The molecule has 1 aliphatic rings. The smallest absolute Gasteiger partial charge is 0.505 e. The quantitative estimate of drug-likeness (QED) is 0.322. The zero-order valence-corrected chi connectivity index (χ0v) is 20.9. The molecule has 167 valence electrons. The Bertz CT molecular complexity index is 507. The summed E-state index contributed by atoms with van der Waals surface area (Å²) in [5.74, 6) is 0.135. The number of hydrogen-bond acceptors (Lipinski definition) is 2. The summed E-state index contributed by atoms with van der Waals surface area (Å²) >= 11 is 0. The molecule has 2 unspecified atom stereocenters. The van der Waals surface area contributed by atoms with E-state index in [-0.39, 0.29) is 39.1 Å². The topological polar surface area (TPSA) is 58.2 Å². The summed E-state index contributed by atoms with van der Waals surface area (Å²) in [5, 5.41) is 5.82. The molecule has 0 aromatic heterocycles. The summed E-state index contributed by atoms with van der Waals surface area (Å²) in [6.07, 6.45) is 8.64. The van der Waals surface area contributed by atoms with Crippen molar-refractivity contribution in [2.45, 2.75) is 78.7 Å². The molecule has 5 heteroatoms. The Labute approximate surface area is 200 Å². The van der Waals surface area contributed by atoms with Crippen LogP contribution in [0.15, 0.2) is 30.3 Å². The summed E-state index contributed by atoms with van der Waals surface area (Å²) in [4.78, 5) is 21.9. The van der Waals surface area contributed by atoms with Crippen molar-refractivity contribution in [2.24, 2.45) is 11.3 Å². The first-order valence-electron chi connectivity index (χ1n) is 10.8. The number of carbonyl (C=O) groups excluding carboxylic acids is 2. The minimum Gasteiger partial charge on any atom is -0.505 e.